The van der Waals surface area contributed by atoms with Crippen LogP contribution in [0.3, 0.4) is 0 Å². The summed E-state index contributed by atoms with van der Waals surface area (Å²) in [5, 5.41) is 3.34. The molecule has 1 nitrogen and oxygen atoms in total. The number of benzene rings is 1. The summed E-state index contributed by atoms with van der Waals surface area (Å²) in [7, 11) is 2.02. The molecule has 1 rings (SSSR count). The molecule has 0 aliphatic rings. The van der Waals surface area contributed by atoms with Crippen LogP contribution in [0.5, 0.6) is 0 Å². The molecule has 1 heteroatoms. The second kappa shape index (κ2) is 7.09. The van der Waals surface area contributed by atoms with E-state index in [2.05, 4.69) is 41.6 Å². The van der Waals surface area contributed by atoms with Crippen LogP contribution >= 0.6 is 0 Å². The molecule has 15 heavy (non-hydrogen) atoms. The van der Waals surface area contributed by atoms with E-state index in [-0.39, 0.29) is 0 Å². The van der Waals surface area contributed by atoms with E-state index in [1.54, 1.807) is 0 Å². The molecule has 0 fully saturated rings. The van der Waals surface area contributed by atoms with Gasteiger partial charge in [0.1, 0.15) is 0 Å². The summed E-state index contributed by atoms with van der Waals surface area (Å²) in [6.45, 7) is 0. The Hall–Kier alpha value is -1.26. The Morgan fingerprint density at radius 2 is 2.07 bits per heavy atom. The number of unbranched alkanes of at least 4 members (excludes halogenated alkanes) is 1. The van der Waals surface area contributed by atoms with Gasteiger partial charge in [0.25, 0.3) is 0 Å². The van der Waals surface area contributed by atoms with Crippen LogP contribution in [0.15, 0.2) is 30.3 Å². The van der Waals surface area contributed by atoms with Crippen molar-refractivity contribution in [2.75, 3.05) is 7.05 Å². The zero-order chi connectivity index (χ0) is 10.9. The standard InChI is InChI=1S/C14H19N/c1-3-4-6-11-14(15-2)12-13-9-7-5-8-10-13/h1,5,7-10,14-15H,4,6,11-12H2,2H3. The Balaban J connectivity index is 2.37. The topological polar surface area (TPSA) is 12.0 Å². The first kappa shape index (κ1) is 11.8. The van der Waals surface area contributed by atoms with E-state index >= 15 is 0 Å². The predicted molar refractivity (Wildman–Crippen MR) is 65.7 cm³/mol. The van der Waals surface area contributed by atoms with Crippen molar-refractivity contribution in [2.45, 2.75) is 31.7 Å². The lowest BCUT2D eigenvalue weighted by Gasteiger charge is -2.15. The summed E-state index contributed by atoms with van der Waals surface area (Å²) >= 11 is 0. The normalized spacial score (nSPS) is 12.0. The van der Waals surface area contributed by atoms with Crippen molar-refractivity contribution in [3.63, 3.8) is 0 Å². The van der Waals surface area contributed by atoms with Crippen molar-refractivity contribution in [3.8, 4) is 12.3 Å². The van der Waals surface area contributed by atoms with Gasteiger partial charge in [-0.15, -0.1) is 12.3 Å². The average Bonchev–Trinajstić information content (AvgIpc) is 2.29. The van der Waals surface area contributed by atoms with Crippen molar-refractivity contribution in [2.24, 2.45) is 0 Å². The molecule has 0 amide bonds. The minimum absolute atomic E-state index is 0.542. The first-order chi connectivity index (χ1) is 7.36. The minimum atomic E-state index is 0.542. The van der Waals surface area contributed by atoms with Gasteiger partial charge in [-0.3, -0.25) is 0 Å². The molecule has 0 bridgehead atoms. The van der Waals surface area contributed by atoms with Gasteiger partial charge in [0.05, 0.1) is 0 Å². The molecule has 0 aliphatic heterocycles. The highest BCUT2D eigenvalue weighted by molar-refractivity contribution is 5.15. The summed E-state index contributed by atoms with van der Waals surface area (Å²) in [6, 6.07) is 11.1. The van der Waals surface area contributed by atoms with E-state index in [1.165, 1.54) is 5.56 Å². The van der Waals surface area contributed by atoms with Crippen LogP contribution in [0.2, 0.25) is 0 Å². The maximum atomic E-state index is 5.24. The fourth-order valence-corrected chi connectivity index (χ4v) is 1.70. The molecule has 0 heterocycles. The molecule has 1 N–H and O–H groups in total. The lowest BCUT2D eigenvalue weighted by atomic mass is 10.0. The predicted octanol–water partition coefficient (Wildman–Crippen LogP) is 2.62. The number of hydrogen-bond donors (Lipinski definition) is 1. The molecule has 80 valence electrons. The average molecular weight is 201 g/mol. The number of hydrogen-bond acceptors (Lipinski definition) is 1. The van der Waals surface area contributed by atoms with Crippen LogP contribution in [-0.4, -0.2) is 13.1 Å². The van der Waals surface area contributed by atoms with E-state index < -0.39 is 0 Å². The van der Waals surface area contributed by atoms with E-state index in [1.807, 2.05) is 7.05 Å². The van der Waals surface area contributed by atoms with Crippen LogP contribution < -0.4 is 5.32 Å². The van der Waals surface area contributed by atoms with E-state index in [0.717, 1.165) is 25.7 Å². The molecular weight excluding hydrogens is 182 g/mol. The third-order valence-electron chi connectivity index (χ3n) is 2.61. The first-order valence-corrected chi connectivity index (χ1v) is 5.51. The first-order valence-electron chi connectivity index (χ1n) is 5.51. The van der Waals surface area contributed by atoms with Gasteiger partial charge < -0.3 is 5.32 Å². The molecule has 0 radical (unpaired) electrons. The lowest BCUT2D eigenvalue weighted by Crippen LogP contribution is -2.27. The largest absolute Gasteiger partial charge is 0.317 e. The van der Waals surface area contributed by atoms with Gasteiger partial charge in [0.2, 0.25) is 0 Å². The molecule has 0 aliphatic carbocycles. The van der Waals surface area contributed by atoms with E-state index in [4.69, 9.17) is 6.42 Å². The third-order valence-corrected chi connectivity index (χ3v) is 2.61. The smallest absolute Gasteiger partial charge is 0.0105 e. The van der Waals surface area contributed by atoms with Crippen LogP contribution in [0, 0.1) is 12.3 Å². The van der Waals surface area contributed by atoms with E-state index in [0.29, 0.717) is 6.04 Å². The summed E-state index contributed by atoms with van der Waals surface area (Å²) in [4.78, 5) is 0. The second-order valence-corrected chi connectivity index (χ2v) is 3.77. The number of rotatable bonds is 6. The molecular formula is C14H19N. The Kier molecular flexibility index (Phi) is 5.58. The number of likely N-dealkylation sites (N-methyl/N-ethyl adjacent to an activating group) is 1. The van der Waals surface area contributed by atoms with Crippen LogP contribution in [0.4, 0.5) is 0 Å². The highest BCUT2D eigenvalue weighted by Gasteiger charge is 2.05. The molecule has 0 saturated heterocycles. The third kappa shape index (κ3) is 4.67. The zero-order valence-corrected chi connectivity index (χ0v) is 9.37. The van der Waals surface area contributed by atoms with Crippen LogP contribution in [-0.2, 0) is 6.42 Å². The Labute approximate surface area is 92.9 Å². The molecule has 1 unspecified atom stereocenters. The molecule has 1 aromatic carbocycles. The number of nitrogens with one attached hydrogen (secondary N) is 1. The number of terminal acetylenes is 1. The Morgan fingerprint density at radius 1 is 1.33 bits per heavy atom. The van der Waals surface area contributed by atoms with Crippen LogP contribution in [0.25, 0.3) is 0 Å². The summed E-state index contributed by atoms with van der Waals surface area (Å²) in [5.41, 5.74) is 1.39. The summed E-state index contributed by atoms with van der Waals surface area (Å²) < 4.78 is 0. The van der Waals surface area contributed by atoms with Crippen molar-refractivity contribution in [3.05, 3.63) is 35.9 Å². The fourth-order valence-electron chi connectivity index (χ4n) is 1.70. The Morgan fingerprint density at radius 3 is 2.67 bits per heavy atom. The van der Waals surface area contributed by atoms with Crippen LogP contribution in [0.1, 0.15) is 24.8 Å². The molecule has 0 spiro atoms. The Bertz CT molecular complexity index is 297. The van der Waals surface area contributed by atoms with Crippen molar-refractivity contribution in [1.29, 1.82) is 0 Å². The van der Waals surface area contributed by atoms with E-state index in [9.17, 15) is 0 Å². The van der Waals surface area contributed by atoms with Gasteiger partial charge >= 0.3 is 0 Å². The van der Waals surface area contributed by atoms with Gasteiger partial charge in [-0.1, -0.05) is 30.3 Å². The van der Waals surface area contributed by atoms with Gasteiger partial charge in [-0.2, -0.15) is 0 Å². The van der Waals surface area contributed by atoms with Gasteiger partial charge in [-0.25, -0.2) is 0 Å². The lowest BCUT2D eigenvalue weighted by molar-refractivity contribution is 0.506. The zero-order valence-electron chi connectivity index (χ0n) is 9.37. The molecule has 0 aromatic heterocycles. The van der Waals surface area contributed by atoms with Gasteiger partial charge in [0, 0.05) is 12.5 Å². The monoisotopic (exact) mass is 201 g/mol. The maximum absolute atomic E-state index is 5.24. The van der Waals surface area contributed by atoms with Crippen molar-refractivity contribution >= 4 is 0 Å². The molecule has 1 aromatic rings. The highest BCUT2D eigenvalue weighted by Crippen LogP contribution is 2.08. The van der Waals surface area contributed by atoms with Crippen molar-refractivity contribution in [1.82, 2.24) is 5.32 Å². The SMILES string of the molecule is C#CCCCC(Cc1ccccc1)NC. The summed E-state index contributed by atoms with van der Waals surface area (Å²) in [5.74, 6) is 2.68. The quantitative estimate of drug-likeness (QED) is 0.551. The summed E-state index contributed by atoms with van der Waals surface area (Å²) in [6.07, 6.45) is 9.46. The highest BCUT2D eigenvalue weighted by atomic mass is 14.9. The van der Waals surface area contributed by atoms with Crippen molar-refractivity contribution < 1.29 is 0 Å². The van der Waals surface area contributed by atoms with Gasteiger partial charge in [-0.05, 0) is 31.9 Å². The second-order valence-electron chi connectivity index (χ2n) is 3.77. The fraction of sp³-hybridized carbons (Fsp3) is 0.429. The molecule has 0 saturated carbocycles. The maximum Gasteiger partial charge on any atom is 0.0105 e. The van der Waals surface area contributed by atoms with Gasteiger partial charge in [0.15, 0.2) is 0 Å². The minimum Gasteiger partial charge on any atom is -0.317 e. The molecule has 1 atom stereocenters.